The summed E-state index contributed by atoms with van der Waals surface area (Å²) in [6.07, 6.45) is 2.91. The highest BCUT2D eigenvalue weighted by Crippen LogP contribution is 2.39. The minimum atomic E-state index is -0.149. The van der Waals surface area contributed by atoms with Gasteiger partial charge in [-0.25, -0.2) is 0 Å². The van der Waals surface area contributed by atoms with Crippen LogP contribution in [-0.2, 0) is 9.53 Å². The van der Waals surface area contributed by atoms with Gasteiger partial charge in [0.25, 0.3) is 0 Å². The van der Waals surface area contributed by atoms with E-state index in [-0.39, 0.29) is 35.5 Å². The first kappa shape index (κ1) is 12.0. The number of carbonyl (C=O) groups is 1. The number of ether oxygens (including phenoxy) is 1. The number of hydrogen-bond donors (Lipinski definition) is 2. The maximum absolute atomic E-state index is 12.2. The van der Waals surface area contributed by atoms with Gasteiger partial charge in [0.2, 0.25) is 5.91 Å². The molecule has 1 aromatic carbocycles. The number of fused-ring (bicyclic) bond motifs is 2. The van der Waals surface area contributed by atoms with E-state index < -0.39 is 0 Å². The van der Waals surface area contributed by atoms with Gasteiger partial charge in [-0.1, -0.05) is 0 Å². The molecule has 1 amide bonds. The van der Waals surface area contributed by atoms with Crippen molar-refractivity contribution in [2.45, 2.75) is 31.5 Å². The largest absolute Gasteiger partial charge is 0.506 e. The molecular formula is C14H14N2O3. The molecule has 19 heavy (non-hydrogen) atoms. The maximum atomic E-state index is 12.2. The maximum Gasteiger partial charge on any atom is 0.230 e. The molecule has 0 radical (unpaired) electrons. The second-order valence-electron chi connectivity index (χ2n) is 5.05. The summed E-state index contributed by atoms with van der Waals surface area (Å²) < 4.78 is 5.64. The Morgan fingerprint density at radius 1 is 1.47 bits per heavy atom. The third-order valence-electron chi connectivity index (χ3n) is 3.83. The third-order valence-corrected chi connectivity index (χ3v) is 3.83. The quantitative estimate of drug-likeness (QED) is 0.792. The van der Waals surface area contributed by atoms with Crippen LogP contribution in [0, 0.1) is 17.2 Å². The average Bonchev–Trinajstić information content (AvgIpc) is 3.03. The van der Waals surface area contributed by atoms with Crippen LogP contribution >= 0.6 is 0 Å². The van der Waals surface area contributed by atoms with Gasteiger partial charge in [-0.3, -0.25) is 4.79 Å². The van der Waals surface area contributed by atoms with Crippen molar-refractivity contribution in [3.63, 3.8) is 0 Å². The van der Waals surface area contributed by atoms with Gasteiger partial charge in [0, 0.05) is 0 Å². The smallest absolute Gasteiger partial charge is 0.230 e. The van der Waals surface area contributed by atoms with Gasteiger partial charge in [-0.15, -0.1) is 0 Å². The second kappa shape index (κ2) is 4.56. The number of phenolic OH excluding ortho intramolecular Hbond substituents is 1. The molecule has 0 unspecified atom stereocenters. The lowest BCUT2D eigenvalue weighted by molar-refractivity contribution is -0.121. The van der Waals surface area contributed by atoms with Crippen LogP contribution in [0.5, 0.6) is 5.75 Å². The van der Waals surface area contributed by atoms with Crippen LogP contribution < -0.4 is 5.32 Å². The number of nitrogens with zero attached hydrogens (tertiary/aromatic N) is 1. The van der Waals surface area contributed by atoms with Gasteiger partial charge in [-0.2, -0.15) is 5.26 Å². The fourth-order valence-electron chi connectivity index (χ4n) is 2.84. The van der Waals surface area contributed by atoms with Crippen molar-refractivity contribution in [3.05, 3.63) is 23.8 Å². The van der Waals surface area contributed by atoms with Gasteiger partial charge >= 0.3 is 0 Å². The second-order valence-corrected chi connectivity index (χ2v) is 5.05. The Labute approximate surface area is 110 Å². The highest BCUT2D eigenvalue weighted by molar-refractivity contribution is 5.94. The number of aromatic hydroxyl groups is 1. The monoisotopic (exact) mass is 258 g/mol. The van der Waals surface area contributed by atoms with Crippen LogP contribution in [0.25, 0.3) is 0 Å². The Bertz CT molecular complexity index is 564. The van der Waals surface area contributed by atoms with E-state index in [1.807, 2.05) is 6.07 Å². The summed E-state index contributed by atoms with van der Waals surface area (Å²) in [5, 5.41) is 21.2. The highest BCUT2D eigenvalue weighted by Gasteiger charge is 2.44. The van der Waals surface area contributed by atoms with Gasteiger partial charge in [-0.05, 0) is 37.5 Å². The molecule has 0 saturated carbocycles. The number of anilines is 1. The van der Waals surface area contributed by atoms with Gasteiger partial charge < -0.3 is 15.2 Å². The molecule has 98 valence electrons. The van der Waals surface area contributed by atoms with E-state index in [0.29, 0.717) is 5.56 Å². The Kier molecular flexibility index (Phi) is 2.88. The molecule has 0 spiro atoms. The summed E-state index contributed by atoms with van der Waals surface area (Å²) in [6.45, 7) is 0. The number of nitrogens with one attached hydrogen (secondary N) is 1. The van der Waals surface area contributed by atoms with Gasteiger partial charge in [0.1, 0.15) is 5.75 Å². The van der Waals surface area contributed by atoms with E-state index in [4.69, 9.17) is 10.00 Å². The Hall–Kier alpha value is -2.06. The van der Waals surface area contributed by atoms with Crippen molar-refractivity contribution in [2.24, 2.45) is 5.92 Å². The summed E-state index contributed by atoms with van der Waals surface area (Å²) in [6, 6.07) is 6.36. The predicted molar refractivity (Wildman–Crippen MR) is 67.5 cm³/mol. The highest BCUT2D eigenvalue weighted by atomic mass is 16.5. The Morgan fingerprint density at radius 3 is 2.95 bits per heavy atom. The predicted octanol–water partition coefficient (Wildman–Crippen LogP) is 1.77. The lowest BCUT2D eigenvalue weighted by atomic mass is 9.88. The number of carbonyl (C=O) groups excluding carboxylic acids is 1. The zero-order valence-corrected chi connectivity index (χ0v) is 10.3. The molecule has 2 bridgehead atoms. The molecule has 2 fully saturated rings. The summed E-state index contributed by atoms with van der Waals surface area (Å²) in [5.74, 6) is -0.321. The normalized spacial score (nSPS) is 28.1. The number of rotatable bonds is 2. The summed E-state index contributed by atoms with van der Waals surface area (Å²) >= 11 is 0. The van der Waals surface area contributed by atoms with Crippen LogP contribution in [0.15, 0.2) is 18.2 Å². The molecule has 0 aliphatic carbocycles. The van der Waals surface area contributed by atoms with Crippen molar-refractivity contribution in [2.75, 3.05) is 5.32 Å². The van der Waals surface area contributed by atoms with Crippen LogP contribution in [-0.4, -0.2) is 23.2 Å². The van der Waals surface area contributed by atoms with E-state index in [0.717, 1.165) is 19.3 Å². The first-order valence-corrected chi connectivity index (χ1v) is 6.37. The zero-order valence-electron chi connectivity index (χ0n) is 10.3. The summed E-state index contributed by atoms with van der Waals surface area (Å²) in [5.41, 5.74) is 0.684. The van der Waals surface area contributed by atoms with Crippen LogP contribution in [0.3, 0.4) is 0 Å². The number of hydrogen-bond acceptors (Lipinski definition) is 4. The van der Waals surface area contributed by atoms with E-state index in [2.05, 4.69) is 5.32 Å². The molecule has 2 saturated heterocycles. The SMILES string of the molecule is N#Cc1ccc(O)c(NC(=O)[C@@H]2C[C@H]3CC[C@@H]2O3)c1. The van der Waals surface area contributed by atoms with E-state index in [9.17, 15) is 9.90 Å². The number of phenols is 1. The first-order valence-electron chi connectivity index (χ1n) is 6.37. The molecule has 5 heteroatoms. The number of benzene rings is 1. The van der Waals surface area contributed by atoms with Crippen molar-refractivity contribution >= 4 is 11.6 Å². The minimum absolute atomic E-state index is 0.00583. The van der Waals surface area contributed by atoms with Crippen LogP contribution in [0.1, 0.15) is 24.8 Å². The van der Waals surface area contributed by atoms with Crippen molar-refractivity contribution in [3.8, 4) is 11.8 Å². The van der Waals surface area contributed by atoms with Crippen molar-refractivity contribution < 1.29 is 14.6 Å². The van der Waals surface area contributed by atoms with Crippen LogP contribution in [0.4, 0.5) is 5.69 Å². The average molecular weight is 258 g/mol. The van der Waals surface area contributed by atoms with E-state index in [1.165, 1.54) is 18.2 Å². The van der Waals surface area contributed by atoms with Gasteiger partial charge in [0.05, 0.1) is 35.4 Å². The summed E-state index contributed by atoms with van der Waals surface area (Å²) in [7, 11) is 0. The van der Waals surface area contributed by atoms with Crippen molar-refractivity contribution in [1.82, 2.24) is 0 Å². The molecule has 1 aromatic rings. The lowest BCUT2D eigenvalue weighted by Crippen LogP contribution is -2.30. The molecule has 5 nitrogen and oxygen atoms in total. The zero-order chi connectivity index (χ0) is 13.4. The third kappa shape index (κ3) is 2.15. The summed E-state index contributed by atoms with van der Waals surface area (Å²) in [4.78, 5) is 12.2. The standard InChI is InChI=1S/C14H14N2O3/c15-7-8-1-3-12(17)11(5-8)16-14(18)10-6-9-2-4-13(10)19-9/h1,3,5,9-10,13,17H,2,4,6H2,(H,16,18)/t9-,10-,13+/m1/s1. The van der Waals surface area contributed by atoms with Crippen molar-refractivity contribution in [1.29, 1.82) is 5.26 Å². The number of amides is 1. The molecule has 2 aliphatic rings. The fourth-order valence-corrected chi connectivity index (χ4v) is 2.84. The molecule has 2 aliphatic heterocycles. The molecule has 3 atom stereocenters. The molecular weight excluding hydrogens is 244 g/mol. The topological polar surface area (TPSA) is 82.4 Å². The van der Waals surface area contributed by atoms with E-state index in [1.54, 1.807) is 0 Å². The van der Waals surface area contributed by atoms with Gasteiger partial charge in [0.15, 0.2) is 0 Å². The van der Waals surface area contributed by atoms with E-state index >= 15 is 0 Å². The Balaban J connectivity index is 1.75. The fraction of sp³-hybridized carbons (Fsp3) is 0.429. The van der Waals surface area contributed by atoms with Crippen LogP contribution in [0.2, 0.25) is 0 Å². The first-order chi connectivity index (χ1) is 9.17. The number of nitriles is 1. The molecule has 0 aromatic heterocycles. The Morgan fingerprint density at radius 2 is 2.32 bits per heavy atom. The minimum Gasteiger partial charge on any atom is -0.506 e. The lowest BCUT2D eigenvalue weighted by Gasteiger charge is -2.18. The molecule has 2 heterocycles. The molecule has 2 N–H and O–H groups in total. The molecule has 3 rings (SSSR count).